The molecule has 2 saturated heterocycles. The van der Waals surface area contributed by atoms with Gasteiger partial charge in [-0.1, -0.05) is 24.3 Å². The van der Waals surface area contributed by atoms with E-state index in [1.807, 2.05) is 24.3 Å². The van der Waals surface area contributed by atoms with E-state index in [4.69, 9.17) is 40.9 Å². The van der Waals surface area contributed by atoms with Gasteiger partial charge in [0, 0.05) is 75.6 Å². The molecule has 2 aliphatic rings. The number of pyridine rings is 3. The number of nitrogens with one attached hydrogen (secondary N) is 3. The number of amides is 4. The number of hydrogen-bond donors (Lipinski definition) is 5. The molecule has 4 amide bonds. The number of nitrogens with zero attached hydrogens (tertiary/aromatic N) is 8. The van der Waals surface area contributed by atoms with Crippen molar-refractivity contribution in [3.8, 4) is 80.7 Å². The molecule has 0 aliphatic carbocycles. The van der Waals surface area contributed by atoms with Gasteiger partial charge in [0.1, 0.15) is 52.3 Å². The van der Waals surface area contributed by atoms with Crippen molar-refractivity contribution < 1.29 is 192 Å². The number of ether oxygens (including phenoxy) is 2. The van der Waals surface area contributed by atoms with E-state index in [0.29, 0.717) is 87.0 Å². The van der Waals surface area contributed by atoms with Crippen molar-refractivity contribution in [3.05, 3.63) is 239 Å². The molecule has 22 nitrogen and oxygen atoms in total. The monoisotopic (exact) mass is 1490 g/mol. The number of nitriles is 3. The molecule has 2 aliphatic heterocycles. The van der Waals surface area contributed by atoms with Crippen LogP contribution in [0.3, 0.4) is 0 Å². The van der Waals surface area contributed by atoms with Crippen LogP contribution in [0.15, 0.2) is 188 Å². The summed E-state index contributed by atoms with van der Waals surface area (Å²) in [6.07, 6.45) is -12.1. The van der Waals surface area contributed by atoms with Gasteiger partial charge in [0.05, 0.1) is 62.2 Å². The van der Waals surface area contributed by atoms with Crippen molar-refractivity contribution in [1.82, 2.24) is 40.7 Å². The molecule has 9 aromatic rings. The zero-order chi connectivity index (χ0) is 74.2. The molecular formula is C71H59F9K2N12O10. The van der Waals surface area contributed by atoms with E-state index >= 15 is 0 Å². The first-order valence-corrected chi connectivity index (χ1v) is 30.0. The van der Waals surface area contributed by atoms with Crippen molar-refractivity contribution in [2.24, 2.45) is 5.73 Å². The van der Waals surface area contributed by atoms with Crippen LogP contribution >= 0.6 is 0 Å². The first kappa shape index (κ1) is 86.9. The third-order valence-electron chi connectivity index (χ3n) is 13.9. The first-order valence-electron chi connectivity index (χ1n) is 30.0. The van der Waals surface area contributed by atoms with Crippen LogP contribution < -0.4 is 139 Å². The fourth-order valence-corrected chi connectivity index (χ4v) is 8.93. The van der Waals surface area contributed by atoms with E-state index in [9.17, 15) is 64.0 Å². The Bertz CT molecular complexity index is 4440. The largest absolute Gasteiger partial charge is 1.00 e. The molecule has 3 aromatic heterocycles. The third-order valence-corrected chi connectivity index (χ3v) is 13.9. The van der Waals surface area contributed by atoms with Crippen LogP contribution in [0.2, 0.25) is 0 Å². The van der Waals surface area contributed by atoms with Crippen molar-refractivity contribution in [1.29, 1.82) is 15.8 Å². The normalized spacial score (nSPS) is 11.8. The Morgan fingerprint density at radius 3 is 1.34 bits per heavy atom. The molecule has 0 saturated carbocycles. The van der Waals surface area contributed by atoms with E-state index in [1.165, 1.54) is 12.1 Å². The number of halogens is 9. The molecule has 6 N–H and O–H groups in total. The number of phenolic OH excluding ortho intramolecular Hbond substituents is 1. The van der Waals surface area contributed by atoms with Gasteiger partial charge in [0.2, 0.25) is 0 Å². The number of alkyl halides is 9. The van der Waals surface area contributed by atoms with Crippen LogP contribution in [0, 0.1) is 34.0 Å². The zero-order valence-electron chi connectivity index (χ0n) is 56.2. The second kappa shape index (κ2) is 43.6. The number of phenols is 1. The molecule has 104 heavy (non-hydrogen) atoms. The number of aromatic hydroxyl groups is 1. The average molecular weight is 1490 g/mol. The summed E-state index contributed by atoms with van der Waals surface area (Å²) >= 11 is 0. The van der Waals surface area contributed by atoms with Gasteiger partial charge in [-0.3, -0.25) is 19.4 Å². The Hall–Kier alpha value is -9.49. The van der Waals surface area contributed by atoms with Gasteiger partial charge in [0.15, 0.2) is 12.6 Å². The van der Waals surface area contributed by atoms with Crippen LogP contribution in [-0.4, -0.2) is 113 Å². The van der Waals surface area contributed by atoms with Crippen LogP contribution in [0.25, 0.3) is 33.8 Å². The minimum Gasteiger partial charge on any atom is -1.00 e. The predicted molar refractivity (Wildman–Crippen MR) is 349 cm³/mol. The van der Waals surface area contributed by atoms with Gasteiger partial charge in [-0.05, 0) is 164 Å². The standard InChI is InChI=1S/C25H22F3N5O2.C20H11F3N2O2.C12H9NO2.C8H4F3N.C5H11N3O.CH2O3.2K.H/c26-25(27,28)19-6-9-23(18(14-19)15-29)35-21-7-4-17(5-8-21)22-3-1-2-20(32-22)16-30-10-12-33-13-11-31-24(33)34;21-20(22,23)15-6-9-19(14(10-15)11-24)27-17-7-4-13(5-8-17)18-3-1-2-16(12-26)25-18;14-8-10-2-1-3-12(13-10)9-4-6-11(15)7-5-9;9-8(10,11)7-3-1-2-6(4-7)5-12;6-1-3-8-4-2-7-5(8)9;2-1-4-3;;;/h1-9,14,30H,10-13,16H2,(H,31,34);1-10,12H;1-8,15H;1-4H;1-4,6H2,(H,7,9);1,3H;;;/q;;;;;;2*+1;-1/p-1. The first-order chi connectivity index (χ1) is 48.8. The minimum absolute atomic E-state index is 0. The Kier molecular flexibility index (Phi) is 36.4. The summed E-state index contributed by atoms with van der Waals surface area (Å²) in [6.45, 7) is 5.82. The van der Waals surface area contributed by atoms with Crippen molar-refractivity contribution in [2.45, 2.75) is 25.1 Å². The summed E-state index contributed by atoms with van der Waals surface area (Å²) in [5.41, 5.74) is 8.31. The molecule has 2 fully saturated rings. The van der Waals surface area contributed by atoms with Gasteiger partial charge in [-0.15, -0.1) is 0 Å². The van der Waals surface area contributed by atoms with Gasteiger partial charge >= 0.3 is 133 Å². The number of urea groups is 2. The van der Waals surface area contributed by atoms with E-state index in [0.717, 1.165) is 95.4 Å². The fourth-order valence-electron chi connectivity index (χ4n) is 8.93. The van der Waals surface area contributed by atoms with E-state index in [2.05, 4.69) is 35.8 Å². The number of carbonyl (C=O) groups excluding carboxylic acids is 5. The van der Waals surface area contributed by atoms with Crippen molar-refractivity contribution in [3.63, 3.8) is 0 Å². The number of nitrogens with two attached hydrogens (primary N) is 1. The van der Waals surface area contributed by atoms with Crippen molar-refractivity contribution >= 4 is 31.1 Å². The number of carbonyl (C=O) groups is 5. The summed E-state index contributed by atoms with van der Waals surface area (Å²) in [5.74, 6) is 1.02. The quantitative estimate of drug-likeness (QED) is 0.0170. The van der Waals surface area contributed by atoms with E-state index in [1.54, 1.807) is 131 Å². The van der Waals surface area contributed by atoms with Crippen LogP contribution in [0.4, 0.5) is 49.1 Å². The number of rotatable bonds is 17. The molecule has 5 heterocycles. The molecule has 0 radical (unpaired) electrons. The Morgan fingerprint density at radius 1 is 0.548 bits per heavy atom. The second-order valence-electron chi connectivity index (χ2n) is 20.9. The maximum absolute atomic E-state index is 12.9. The van der Waals surface area contributed by atoms with Crippen LogP contribution in [0.1, 0.15) is 61.5 Å². The Balaban J connectivity index is 0.000000360. The number of aldehydes is 2. The molecule has 6 aromatic carbocycles. The number of benzene rings is 6. The Morgan fingerprint density at radius 2 is 0.952 bits per heavy atom. The molecule has 11 rings (SSSR count). The summed E-state index contributed by atoms with van der Waals surface area (Å²) in [7, 11) is 0. The minimum atomic E-state index is -4.53. The van der Waals surface area contributed by atoms with Gasteiger partial charge in [0.25, 0.3) is 6.47 Å². The predicted octanol–water partition coefficient (Wildman–Crippen LogP) is 6.16. The molecular weight excluding hydrogens is 1430 g/mol. The van der Waals surface area contributed by atoms with E-state index in [-0.39, 0.29) is 157 Å². The zero-order valence-corrected chi connectivity index (χ0v) is 61.4. The van der Waals surface area contributed by atoms with Gasteiger partial charge in [-0.25, -0.2) is 19.6 Å². The molecule has 33 heteroatoms. The van der Waals surface area contributed by atoms with E-state index < -0.39 is 35.2 Å². The molecule has 528 valence electrons. The van der Waals surface area contributed by atoms with Gasteiger partial charge in [-0.2, -0.15) is 55.3 Å². The average Bonchev–Trinajstić information content (AvgIpc) is 1.02. The molecule has 0 unspecified atom stereocenters. The maximum atomic E-state index is 12.9. The number of hydrogen-bond acceptors (Lipinski definition) is 18. The second-order valence-corrected chi connectivity index (χ2v) is 20.9. The summed E-state index contributed by atoms with van der Waals surface area (Å²) in [5, 5.41) is 52.9. The summed E-state index contributed by atoms with van der Waals surface area (Å²) in [6, 6.07) is 51.0. The summed E-state index contributed by atoms with van der Waals surface area (Å²) < 4.78 is 124. The maximum Gasteiger partial charge on any atom is 1.00 e. The Labute approximate surface area is 675 Å². The van der Waals surface area contributed by atoms with Crippen LogP contribution in [0.5, 0.6) is 28.7 Å². The van der Waals surface area contributed by atoms with Crippen molar-refractivity contribution in [2.75, 3.05) is 52.4 Å². The number of aromatic nitrogens is 3. The smallest absolute Gasteiger partial charge is 1.00 e. The summed E-state index contributed by atoms with van der Waals surface area (Å²) in [4.78, 5) is 71.3. The molecule has 0 spiro atoms. The topological polar surface area (TPSA) is 335 Å². The van der Waals surface area contributed by atoms with Crippen LogP contribution in [-0.2, 0) is 34.8 Å². The fraction of sp³-hybridized carbons (Fsp3) is 0.169. The molecule has 0 bridgehead atoms. The SMILES string of the molecule is N#Cc1cc(C(F)(F)F)ccc1Oc1ccc(-c2cccc(C=O)n2)cc1.N#Cc1cc(C(F)(F)F)ccc1Oc1ccc(-c2cccc(CNCCN3CCNC3=O)n2)cc1.N#Cc1cccc(C(F)(F)F)c1.NCCN1CCNC1=O.O=CO[O-].O=Cc1cccc(-c2ccc(O)cc2)n1.[H-].[K+].[K+]. The molecule has 0 atom stereocenters. The van der Waals surface area contributed by atoms with Gasteiger partial charge < -0.3 is 57.6 Å². The third kappa shape index (κ3) is 28.3.